The quantitative estimate of drug-likeness (QED) is 0.719. The van der Waals surface area contributed by atoms with E-state index in [-0.39, 0.29) is 29.2 Å². The van der Waals surface area contributed by atoms with Crippen LogP contribution in [0.3, 0.4) is 0 Å². The third-order valence-electron chi connectivity index (χ3n) is 5.92. The van der Waals surface area contributed by atoms with Crippen molar-refractivity contribution in [3.63, 3.8) is 0 Å². The molecule has 2 aromatic carbocycles. The Balaban J connectivity index is 1.36. The number of amides is 2. The lowest BCUT2D eigenvalue weighted by molar-refractivity contribution is -0.122. The zero-order valence-corrected chi connectivity index (χ0v) is 18.1. The predicted molar refractivity (Wildman–Crippen MR) is 119 cm³/mol. The molecule has 1 unspecified atom stereocenters. The van der Waals surface area contributed by atoms with Crippen LogP contribution in [0.4, 0.5) is 11.4 Å². The summed E-state index contributed by atoms with van der Waals surface area (Å²) in [6, 6.07) is 15.4. The zero-order chi connectivity index (χ0) is 21.8. The summed E-state index contributed by atoms with van der Waals surface area (Å²) >= 11 is 0. The summed E-state index contributed by atoms with van der Waals surface area (Å²) < 4.78 is 28.0. The van der Waals surface area contributed by atoms with E-state index in [9.17, 15) is 18.0 Å². The number of rotatable bonds is 6. The minimum absolute atomic E-state index is 0.00871. The average Bonchev–Trinajstić information content (AvgIpc) is 3.17. The Morgan fingerprint density at radius 3 is 2.29 bits per heavy atom. The second-order valence-electron chi connectivity index (χ2n) is 8.21. The first-order valence-corrected chi connectivity index (χ1v) is 12.2. The van der Waals surface area contributed by atoms with Gasteiger partial charge in [-0.3, -0.25) is 9.59 Å². The molecule has 164 valence electrons. The first-order valence-electron chi connectivity index (χ1n) is 10.7. The number of nitrogens with zero attached hydrogens (tertiary/aromatic N) is 1. The van der Waals surface area contributed by atoms with Gasteiger partial charge in [-0.15, -0.1) is 0 Å². The van der Waals surface area contributed by atoms with Crippen molar-refractivity contribution in [2.24, 2.45) is 5.92 Å². The molecular weight excluding hydrogens is 414 g/mol. The molecule has 2 N–H and O–H groups in total. The molecule has 0 radical (unpaired) electrons. The fraction of sp³-hybridized carbons (Fsp3) is 0.391. The number of anilines is 2. The largest absolute Gasteiger partial charge is 0.326 e. The predicted octanol–water partition coefficient (Wildman–Crippen LogP) is 3.29. The van der Waals surface area contributed by atoms with Crippen LogP contribution in [-0.4, -0.2) is 32.8 Å². The van der Waals surface area contributed by atoms with Crippen LogP contribution in [0.25, 0.3) is 0 Å². The second-order valence-corrected chi connectivity index (χ2v) is 9.92. The number of para-hydroxylation sites is 1. The first-order chi connectivity index (χ1) is 14.9. The Kier molecular flexibility index (Phi) is 6.38. The molecule has 1 saturated carbocycles. The summed E-state index contributed by atoms with van der Waals surface area (Å²) in [7, 11) is -3.58. The number of carbonyl (C=O) groups excluding carboxylic acids is 2. The lowest BCUT2D eigenvalue weighted by Crippen LogP contribution is -2.36. The number of hydrogen-bond acceptors (Lipinski definition) is 4. The van der Waals surface area contributed by atoms with Gasteiger partial charge in [-0.1, -0.05) is 37.5 Å². The maximum Gasteiger partial charge on any atom is 0.240 e. The summed E-state index contributed by atoms with van der Waals surface area (Å²) in [4.78, 5) is 26.8. The molecule has 1 aliphatic carbocycles. The van der Waals surface area contributed by atoms with Crippen molar-refractivity contribution in [3.8, 4) is 0 Å². The van der Waals surface area contributed by atoms with Gasteiger partial charge in [0.05, 0.1) is 10.8 Å². The lowest BCUT2D eigenvalue weighted by atomic mass is 9.96. The highest BCUT2D eigenvalue weighted by atomic mass is 32.2. The molecule has 2 amide bonds. The normalized spacial score (nSPS) is 20.1. The average molecular weight is 442 g/mol. The van der Waals surface area contributed by atoms with Crippen LogP contribution in [0.5, 0.6) is 0 Å². The van der Waals surface area contributed by atoms with E-state index < -0.39 is 15.9 Å². The van der Waals surface area contributed by atoms with Crippen LogP contribution < -0.4 is 14.9 Å². The minimum atomic E-state index is -3.58. The number of benzene rings is 2. The summed E-state index contributed by atoms with van der Waals surface area (Å²) in [5.41, 5.74) is 1.29. The van der Waals surface area contributed by atoms with Crippen LogP contribution in [0.2, 0.25) is 0 Å². The molecule has 7 nitrogen and oxygen atoms in total. The Labute approximate surface area is 182 Å². The van der Waals surface area contributed by atoms with Crippen molar-refractivity contribution < 1.29 is 18.0 Å². The van der Waals surface area contributed by atoms with Gasteiger partial charge in [0.15, 0.2) is 0 Å². The van der Waals surface area contributed by atoms with Crippen LogP contribution >= 0.6 is 0 Å². The van der Waals surface area contributed by atoms with Crippen molar-refractivity contribution in [1.82, 2.24) is 4.72 Å². The molecular formula is C23H27N3O4S. The topological polar surface area (TPSA) is 95.6 Å². The van der Waals surface area contributed by atoms with E-state index in [1.807, 2.05) is 30.3 Å². The molecule has 31 heavy (non-hydrogen) atoms. The highest BCUT2D eigenvalue weighted by Gasteiger charge is 2.35. The standard InChI is InChI=1S/C23H27N3O4S/c27-22-15-17(16-26(22)20-9-5-2-6-10-20)23(28)24-18-11-13-21(14-12-18)31(29,30)25-19-7-3-1-4-8-19/h2,5-6,9-14,17,19,25H,1,3-4,7-8,15-16H2,(H,24,28). The molecule has 2 aliphatic rings. The van der Waals surface area contributed by atoms with E-state index >= 15 is 0 Å². The van der Waals surface area contributed by atoms with Gasteiger partial charge < -0.3 is 10.2 Å². The first kappa shape index (κ1) is 21.5. The van der Waals surface area contributed by atoms with Gasteiger partial charge in [-0.05, 0) is 49.2 Å². The van der Waals surface area contributed by atoms with E-state index in [1.54, 1.807) is 17.0 Å². The molecule has 2 fully saturated rings. The summed E-state index contributed by atoms with van der Waals surface area (Å²) in [5.74, 6) is -0.784. The Hall–Kier alpha value is -2.71. The third kappa shape index (κ3) is 5.14. The van der Waals surface area contributed by atoms with Crippen molar-refractivity contribution >= 4 is 33.2 Å². The lowest BCUT2D eigenvalue weighted by Gasteiger charge is -2.22. The highest BCUT2D eigenvalue weighted by molar-refractivity contribution is 7.89. The summed E-state index contributed by atoms with van der Waals surface area (Å²) in [5, 5.41) is 2.80. The molecule has 2 aromatic rings. The second kappa shape index (κ2) is 9.20. The molecule has 1 saturated heterocycles. The number of carbonyl (C=O) groups is 2. The SMILES string of the molecule is O=C(Nc1ccc(S(=O)(=O)NC2CCCCC2)cc1)C1CC(=O)N(c2ccccc2)C1. The fourth-order valence-corrected chi connectivity index (χ4v) is 5.52. The number of sulfonamides is 1. The maximum atomic E-state index is 12.7. The van der Waals surface area contributed by atoms with E-state index in [4.69, 9.17) is 0 Å². The zero-order valence-electron chi connectivity index (χ0n) is 17.3. The van der Waals surface area contributed by atoms with Crippen LogP contribution in [0.15, 0.2) is 59.5 Å². The summed E-state index contributed by atoms with van der Waals surface area (Å²) in [6.07, 6.45) is 5.13. The summed E-state index contributed by atoms with van der Waals surface area (Å²) in [6.45, 7) is 0.326. The van der Waals surface area contributed by atoms with Crippen molar-refractivity contribution in [2.45, 2.75) is 49.5 Å². The van der Waals surface area contributed by atoms with Gasteiger partial charge in [-0.2, -0.15) is 0 Å². The molecule has 1 heterocycles. The van der Waals surface area contributed by atoms with Gasteiger partial charge in [-0.25, -0.2) is 13.1 Å². The smallest absolute Gasteiger partial charge is 0.240 e. The number of nitrogens with one attached hydrogen (secondary N) is 2. The van der Waals surface area contributed by atoms with Crippen LogP contribution in [-0.2, 0) is 19.6 Å². The van der Waals surface area contributed by atoms with Crippen molar-refractivity contribution in [1.29, 1.82) is 0 Å². The van der Waals surface area contributed by atoms with Gasteiger partial charge in [0.25, 0.3) is 0 Å². The van der Waals surface area contributed by atoms with Crippen molar-refractivity contribution in [2.75, 3.05) is 16.8 Å². The Morgan fingerprint density at radius 1 is 0.935 bits per heavy atom. The van der Waals surface area contributed by atoms with E-state index in [0.29, 0.717) is 12.2 Å². The number of hydrogen-bond donors (Lipinski definition) is 2. The maximum absolute atomic E-state index is 12.7. The molecule has 4 rings (SSSR count). The van der Waals surface area contributed by atoms with Crippen molar-refractivity contribution in [3.05, 3.63) is 54.6 Å². The van der Waals surface area contributed by atoms with E-state index in [2.05, 4.69) is 10.0 Å². The Morgan fingerprint density at radius 2 is 1.61 bits per heavy atom. The van der Waals surface area contributed by atoms with Crippen LogP contribution in [0, 0.1) is 5.92 Å². The minimum Gasteiger partial charge on any atom is -0.326 e. The molecule has 0 spiro atoms. The van der Waals surface area contributed by atoms with Gasteiger partial charge in [0.2, 0.25) is 21.8 Å². The molecule has 1 atom stereocenters. The Bertz CT molecular complexity index is 1030. The molecule has 8 heteroatoms. The van der Waals surface area contributed by atoms with Gasteiger partial charge in [0.1, 0.15) is 0 Å². The molecule has 1 aliphatic heterocycles. The van der Waals surface area contributed by atoms with Gasteiger partial charge >= 0.3 is 0 Å². The van der Waals surface area contributed by atoms with E-state index in [1.165, 1.54) is 12.1 Å². The fourth-order valence-electron chi connectivity index (χ4n) is 4.21. The highest BCUT2D eigenvalue weighted by Crippen LogP contribution is 2.26. The van der Waals surface area contributed by atoms with Crippen LogP contribution in [0.1, 0.15) is 38.5 Å². The molecule has 0 aromatic heterocycles. The van der Waals surface area contributed by atoms with Gasteiger partial charge in [0, 0.05) is 30.4 Å². The third-order valence-corrected chi connectivity index (χ3v) is 7.46. The molecule has 0 bridgehead atoms. The monoisotopic (exact) mass is 441 g/mol. The van der Waals surface area contributed by atoms with E-state index in [0.717, 1.165) is 37.8 Å².